The van der Waals surface area contributed by atoms with Gasteiger partial charge in [-0.2, -0.15) is 20.4 Å². The van der Waals surface area contributed by atoms with Gasteiger partial charge in [0.1, 0.15) is 0 Å². The van der Waals surface area contributed by atoms with E-state index in [1.807, 2.05) is 0 Å². The van der Waals surface area contributed by atoms with Crippen LogP contribution in [-0.4, -0.2) is 128 Å². The van der Waals surface area contributed by atoms with Crippen LogP contribution in [-0.2, 0) is 9.47 Å². The first kappa shape index (κ1) is 48.2. The van der Waals surface area contributed by atoms with Crippen LogP contribution in [0, 0.1) is 0 Å². The number of ether oxygens (including phenoxy) is 4. The Morgan fingerprint density at radius 2 is 0.745 bits per heavy atom. The Hall–Kier alpha value is 1.17. The van der Waals surface area contributed by atoms with Gasteiger partial charge >= 0.3 is 45.5 Å². The van der Waals surface area contributed by atoms with Crippen molar-refractivity contribution in [2.45, 2.75) is 114 Å². The van der Waals surface area contributed by atoms with Crippen molar-refractivity contribution >= 4 is 106 Å². The van der Waals surface area contributed by atoms with E-state index in [-0.39, 0.29) is 45.5 Å². The van der Waals surface area contributed by atoms with E-state index in [1.165, 1.54) is 53.5 Å². The predicted octanol–water partition coefficient (Wildman–Crippen LogP) is 9.99. The van der Waals surface area contributed by atoms with Crippen molar-refractivity contribution < 1.29 is 18.9 Å². The fourth-order valence-electron chi connectivity index (χ4n) is 6.14. The third kappa shape index (κ3) is 20.1. The second-order valence-electron chi connectivity index (χ2n) is 16.5. The molecular weight excluding hydrogens is 758 g/mol. The topological polar surface area (TPSA) is 36.9 Å². The summed E-state index contributed by atoms with van der Waals surface area (Å²) < 4.78 is 20.9. The molecule has 0 spiro atoms. The second-order valence-corrected chi connectivity index (χ2v) is 43.4. The summed E-state index contributed by atoms with van der Waals surface area (Å²) in [6, 6.07) is 16.9. The van der Waals surface area contributed by atoms with Gasteiger partial charge in [0.05, 0.1) is 25.7 Å². The minimum Gasteiger partial charge on any atom is -0.505 e. The molecule has 4 rings (SSSR count). The summed E-state index contributed by atoms with van der Waals surface area (Å²) in [4.78, 5) is 1.72. The first-order chi connectivity index (χ1) is 21.3. The van der Waals surface area contributed by atoms with Crippen LogP contribution in [0.1, 0.15) is 25.7 Å². The van der Waals surface area contributed by atoms with Gasteiger partial charge in [0, 0.05) is 58.7 Å². The van der Waals surface area contributed by atoms with Crippen molar-refractivity contribution in [3.8, 4) is 11.5 Å². The molecule has 0 saturated carbocycles. The minimum atomic E-state index is -1.15. The Balaban J connectivity index is 0.000000681. The third-order valence-corrected chi connectivity index (χ3v) is 37.3. The van der Waals surface area contributed by atoms with E-state index < -0.39 is 32.3 Å². The smallest absolute Gasteiger partial charge is 0.505 e. The molecule has 2 aliphatic rings. The molecule has 4 nitrogen and oxygen atoms in total. The monoisotopic (exact) mass is 826 g/mol. The van der Waals surface area contributed by atoms with E-state index in [9.17, 15) is 0 Å². The molecule has 2 saturated heterocycles. The van der Waals surface area contributed by atoms with Crippen molar-refractivity contribution in [3.63, 3.8) is 0 Å². The molecule has 2 aliphatic heterocycles. The number of benzene rings is 2. The van der Waals surface area contributed by atoms with Crippen LogP contribution in [0.15, 0.2) is 48.5 Å². The fraction of sp³-hybridized carbons (Fsp3) is 0.667. The van der Waals surface area contributed by atoms with Crippen LogP contribution >= 0.6 is 17.2 Å². The summed E-state index contributed by atoms with van der Waals surface area (Å²) in [5, 5.41) is 2.71. The number of rotatable bonds is 10. The number of hydrogen-bond acceptors (Lipinski definition) is 4. The van der Waals surface area contributed by atoms with Gasteiger partial charge in [-0.3, -0.25) is 0 Å². The predicted molar refractivity (Wildman–Crippen MR) is 226 cm³/mol. The van der Waals surface area contributed by atoms with E-state index >= 15 is 0 Å². The number of methoxy groups -OCH3 is 2. The maximum absolute atomic E-state index is 5.50. The van der Waals surface area contributed by atoms with Crippen LogP contribution < -0.4 is 20.1 Å². The Morgan fingerprint density at radius 1 is 0.489 bits per heavy atom. The molecule has 0 unspecified atom stereocenters. The quantitative estimate of drug-likeness (QED) is 0.177. The van der Waals surface area contributed by atoms with Crippen LogP contribution in [0.5, 0.6) is 11.5 Å². The van der Waals surface area contributed by atoms with E-state index in [2.05, 4.69) is 127 Å². The average Bonchev–Trinajstić information content (AvgIpc) is 3.73. The zero-order chi connectivity index (χ0) is 35.0. The first-order valence-electron chi connectivity index (χ1n) is 17.2. The van der Waals surface area contributed by atoms with E-state index in [0.717, 1.165) is 47.7 Å². The molecule has 0 aromatic heterocycles. The van der Waals surface area contributed by atoms with Gasteiger partial charge < -0.3 is 36.1 Å². The summed E-state index contributed by atoms with van der Waals surface area (Å²) in [6.45, 7) is 34.0. The standard InChI is InChI=1S/2C14H26OPSi2.2C4H8O.Sr/c2*1-15-12-10-8-9-11-13(12)16-14(17(2,3)4)18(5,6)7;2*1-2-4-5-3-1;/h2*8-11,14H,1-7H3;2*1-4H2;/q2*-1;;;+2. The molecule has 2 aromatic carbocycles. The van der Waals surface area contributed by atoms with E-state index in [4.69, 9.17) is 18.9 Å². The van der Waals surface area contributed by atoms with Crippen LogP contribution in [0.25, 0.3) is 0 Å². The maximum atomic E-state index is 5.50. The van der Waals surface area contributed by atoms with Crippen molar-refractivity contribution in [1.29, 1.82) is 0 Å². The van der Waals surface area contributed by atoms with Gasteiger partial charge in [-0.1, -0.05) is 115 Å². The van der Waals surface area contributed by atoms with Crippen molar-refractivity contribution in [2.75, 3.05) is 40.6 Å². The molecule has 0 amide bonds. The summed E-state index contributed by atoms with van der Waals surface area (Å²) in [5.74, 6) is 2.08. The van der Waals surface area contributed by atoms with Gasteiger partial charge in [0.2, 0.25) is 0 Å². The van der Waals surface area contributed by atoms with Gasteiger partial charge in [-0.05, 0) is 37.8 Å². The summed E-state index contributed by atoms with van der Waals surface area (Å²) in [6.07, 6.45) is 5.11. The molecule has 2 fully saturated rings. The van der Waals surface area contributed by atoms with Crippen molar-refractivity contribution in [1.82, 2.24) is 0 Å². The summed E-state index contributed by atoms with van der Waals surface area (Å²) in [7, 11) is 1.91. The number of hydrogen-bond donors (Lipinski definition) is 0. The molecule has 2 aromatic rings. The zero-order valence-corrected chi connectivity index (χ0v) is 41.9. The molecule has 2 heterocycles. The largest absolute Gasteiger partial charge is 2.00 e. The van der Waals surface area contributed by atoms with E-state index in [1.54, 1.807) is 14.2 Å². The SMILES string of the molecule is C1CCOC1.C1CCOC1.COc1ccccc1[P-]C([Si](C)(C)C)[Si](C)(C)C.COc1ccccc1[P-]C([Si](C)(C)C)[Si](C)(C)C.[Sr+2]. The van der Waals surface area contributed by atoms with Gasteiger partial charge in [-0.15, -0.1) is 0 Å². The Morgan fingerprint density at radius 3 is 0.936 bits per heavy atom. The zero-order valence-electron chi connectivity index (χ0n) is 32.7. The fourth-order valence-corrected chi connectivity index (χ4v) is 36.3. The molecule has 0 atom stereocenters. The Labute approximate surface area is 335 Å². The molecule has 0 N–H and O–H groups in total. The van der Waals surface area contributed by atoms with Gasteiger partial charge in [0.15, 0.2) is 0 Å². The normalized spacial score (nSPS) is 15.5. The molecule has 47 heavy (non-hydrogen) atoms. The second kappa shape index (κ2) is 23.7. The molecule has 0 aliphatic carbocycles. The maximum Gasteiger partial charge on any atom is 2.00 e. The summed E-state index contributed by atoms with van der Waals surface area (Å²) >= 11 is 0. The van der Waals surface area contributed by atoms with E-state index in [0.29, 0.717) is 0 Å². The van der Waals surface area contributed by atoms with Gasteiger partial charge in [-0.25, -0.2) is 0 Å². The molecular formula is C36H68O4P2Si4Sr. The molecule has 0 bridgehead atoms. The molecule has 11 heteroatoms. The molecule has 0 radical (unpaired) electrons. The summed E-state index contributed by atoms with van der Waals surface area (Å²) in [5.41, 5.74) is 0. The van der Waals surface area contributed by atoms with Crippen LogP contribution in [0.2, 0.25) is 78.6 Å². The number of para-hydroxylation sites is 2. The van der Waals surface area contributed by atoms with Gasteiger partial charge in [0.25, 0.3) is 0 Å². The van der Waals surface area contributed by atoms with Crippen LogP contribution in [0.4, 0.5) is 0 Å². The van der Waals surface area contributed by atoms with Crippen molar-refractivity contribution in [2.24, 2.45) is 0 Å². The first-order valence-corrected chi connectivity index (χ1v) is 33.4. The average molecular weight is 827 g/mol. The Kier molecular flexibility index (Phi) is 24.3. The molecule has 264 valence electrons. The third-order valence-electron chi connectivity index (χ3n) is 7.64. The minimum absolute atomic E-state index is 0. The van der Waals surface area contributed by atoms with Crippen LogP contribution in [0.3, 0.4) is 0 Å². The Bertz CT molecular complexity index is 977. The van der Waals surface area contributed by atoms with Crippen molar-refractivity contribution in [3.05, 3.63) is 48.5 Å².